The largest absolute Gasteiger partial charge is 0.444 e. The fourth-order valence-corrected chi connectivity index (χ4v) is 2.06. The van der Waals surface area contributed by atoms with Crippen LogP contribution < -0.4 is 5.32 Å². The highest BCUT2D eigenvalue weighted by molar-refractivity contribution is 5.68. The smallest absolute Gasteiger partial charge is 0.410 e. The van der Waals surface area contributed by atoms with Crippen molar-refractivity contribution in [3.8, 4) is 0 Å². The molecule has 0 aliphatic carbocycles. The highest BCUT2D eigenvalue weighted by atomic mass is 16.6. The van der Waals surface area contributed by atoms with Gasteiger partial charge in [0.1, 0.15) is 5.60 Å². The molecule has 3 N–H and O–H groups in total. The molecule has 6 nitrogen and oxygen atoms in total. The summed E-state index contributed by atoms with van der Waals surface area (Å²) >= 11 is 0. The van der Waals surface area contributed by atoms with Gasteiger partial charge in [-0.3, -0.25) is 0 Å². The zero-order valence-electron chi connectivity index (χ0n) is 13.0. The molecule has 0 aromatic carbocycles. The van der Waals surface area contributed by atoms with Gasteiger partial charge in [-0.2, -0.15) is 0 Å². The second-order valence-electron chi connectivity index (χ2n) is 6.80. The van der Waals surface area contributed by atoms with Crippen LogP contribution in [0.15, 0.2) is 0 Å². The standard InChI is InChI=1S/C14H28N2O4/c1-13(2,3)20-12(18)16-7-5-6-11(8-16)15-9-14(4,19)10-17/h11,15,17,19H,5-10H2,1-4H3. The number of hydrogen-bond donors (Lipinski definition) is 3. The first-order chi connectivity index (χ1) is 9.13. The lowest BCUT2D eigenvalue weighted by molar-refractivity contribution is -0.00366. The van der Waals surface area contributed by atoms with E-state index in [4.69, 9.17) is 9.84 Å². The SMILES string of the molecule is CC(O)(CO)CNC1CCCN(C(=O)OC(C)(C)C)C1. The Morgan fingerprint density at radius 2 is 2.05 bits per heavy atom. The fourth-order valence-electron chi connectivity index (χ4n) is 2.06. The number of aliphatic hydroxyl groups excluding tert-OH is 1. The summed E-state index contributed by atoms with van der Waals surface area (Å²) in [5.74, 6) is 0. The van der Waals surface area contributed by atoms with Crippen LogP contribution in [0.2, 0.25) is 0 Å². The van der Waals surface area contributed by atoms with Crippen LogP contribution in [0.1, 0.15) is 40.5 Å². The summed E-state index contributed by atoms with van der Waals surface area (Å²) < 4.78 is 5.36. The molecule has 2 atom stereocenters. The molecule has 0 spiro atoms. The Balaban J connectivity index is 2.44. The minimum Gasteiger partial charge on any atom is -0.444 e. The molecular weight excluding hydrogens is 260 g/mol. The molecule has 0 saturated carbocycles. The second-order valence-corrected chi connectivity index (χ2v) is 6.80. The summed E-state index contributed by atoms with van der Waals surface area (Å²) in [6, 6.07) is 0.120. The first-order valence-electron chi connectivity index (χ1n) is 7.17. The molecule has 20 heavy (non-hydrogen) atoms. The van der Waals surface area contributed by atoms with Crippen LogP contribution in [-0.2, 0) is 4.74 Å². The van der Waals surface area contributed by atoms with Gasteiger partial charge < -0.3 is 25.2 Å². The minimum atomic E-state index is -1.13. The third kappa shape index (κ3) is 6.07. The Hall–Kier alpha value is -0.850. The predicted octanol–water partition coefficient (Wildman–Crippen LogP) is 0.719. The van der Waals surface area contributed by atoms with Gasteiger partial charge in [0.15, 0.2) is 0 Å². The molecule has 1 rings (SSSR count). The third-order valence-electron chi connectivity index (χ3n) is 3.19. The summed E-state index contributed by atoms with van der Waals surface area (Å²) in [7, 11) is 0. The molecule has 118 valence electrons. The molecule has 1 amide bonds. The van der Waals surface area contributed by atoms with Crippen LogP contribution in [0.25, 0.3) is 0 Å². The maximum atomic E-state index is 12.0. The van der Waals surface area contributed by atoms with E-state index in [1.165, 1.54) is 0 Å². The highest BCUT2D eigenvalue weighted by Gasteiger charge is 2.28. The van der Waals surface area contributed by atoms with Crippen molar-refractivity contribution in [1.82, 2.24) is 10.2 Å². The van der Waals surface area contributed by atoms with Crippen LogP contribution in [0.3, 0.4) is 0 Å². The number of aliphatic hydroxyl groups is 2. The zero-order valence-corrected chi connectivity index (χ0v) is 13.0. The maximum absolute atomic E-state index is 12.0. The van der Waals surface area contributed by atoms with Gasteiger partial charge in [-0.05, 0) is 40.5 Å². The lowest BCUT2D eigenvalue weighted by Gasteiger charge is -2.35. The molecule has 1 saturated heterocycles. The van der Waals surface area contributed by atoms with Crippen LogP contribution in [0.4, 0.5) is 4.79 Å². The molecule has 0 radical (unpaired) electrons. The van der Waals surface area contributed by atoms with Gasteiger partial charge in [0, 0.05) is 25.7 Å². The molecule has 0 bridgehead atoms. The highest BCUT2D eigenvalue weighted by Crippen LogP contribution is 2.15. The summed E-state index contributed by atoms with van der Waals surface area (Å²) in [5.41, 5.74) is -1.62. The number of nitrogens with one attached hydrogen (secondary N) is 1. The van der Waals surface area contributed by atoms with E-state index >= 15 is 0 Å². The Labute approximate surface area is 121 Å². The number of likely N-dealkylation sites (tertiary alicyclic amines) is 1. The Bertz CT molecular complexity index is 326. The fraction of sp³-hybridized carbons (Fsp3) is 0.929. The van der Waals surface area contributed by atoms with Crippen LogP contribution in [0, 0.1) is 0 Å². The van der Waals surface area contributed by atoms with Gasteiger partial charge in [-0.25, -0.2) is 4.79 Å². The summed E-state index contributed by atoms with van der Waals surface area (Å²) in [6.07, 6.45) is 1.55. The van der Waals surface area contributed by atoms with E-state index in [0.717, 1.165) is 12.8 Å². The molecule has 1 heterocycles. The van der Waals surface area contributed by atoms with Crippen LogP contribution in [0.5, 0.6) is 0 Å². The van der Waals surface area contributed by atoms with E-state index in [1.807, 2.05) is 20.8 Å². The van der Waals surface area contributed by atoms with E-state index in [9.17, 15) is 9.90 Å². The lowest BCUT2D eigenvalue weighted by atomic mass is 10.0. The number of carbonyl (C=O) groups excluding carboxylic acids is 1. The third-order valence-corrected chi connectivity index (χ3v) is 3.19. The van der Waals surface area contributed by atoms with Crippen molar-refractivity contribution in [2.24, 2.45) is 0 Å². The van der Waals surface area contributed by atoms with Crippen molar-refractivity contribution >= 4 is 6.09 Å². The molecule has 6 heteroatoms. The summed E-state index contributed by atoms with van der Waals surface area (Å²) in [6.45, 7) is 8.41. The van der Waals surface area contributed by atoms with Crippen LogP contribution in [-0.4, -0.2) is 64.7 Å². The Morgan fingerprint density at radius 3 is 2.60 bits per heavy atom. The van der Waals surface area contributed by atoms with Crippen molar-refractivity contribution < 1.29 is 19.7 Å². The first kappa shape index (κ1) is 17.2. The molecular formula is C14H28N2O4. The van der Waals surface area contributed by atoms with Crippen molar-refractivity contribution in [1.29, 1.82) is 0 Å². The molecule has 1 fully saturated rings. The lowest BCUT2D eigenvalue weighted by Crippen LogP contribution is -2.52. The number of piperidine rings is 1. The van der Waals surface area contributed by atoms with Gasteiger partial charge in [-0.1, -0.05) is 0 Å². The predicted molar refractivity (Wildman–Crippen MR) is 76.5 cm³/mol. The number of hydrogen-bond acceptors (Lipinski definition) is 5. The summed E-state index contributed by atoms with van der Waals surface area (Å²) in [4.78, 5) is 13.7. The van der Waals surface area contributed by atoms with Gasteiger partial charge in [0.05, 0.1) is 12.2 Å². The number of ether oxygens (including phenoxy) is 1. The quantitative estimate of drug-likeness (QED) is 0.710. The Morgan fingerprint density at radius 1 is 1.40 bits per heavy atom. The molecule has 2 unspecified atom stereocenters. The van der Waals surface area contributed by atoms with E-state index in [2.05, 4.69) is 5.32 Å². The first-order valence-corrected chi connectivity index (χ1v) is 7.17. The molecule has 1 aliphatic rings. The minimum absolute atomic E-state index is 0.120. The van der Waals surface area contributed by atoms with Crippen molar-refractivity contribution in [3.63, 3.8) is 0 Å². The number of carbonyl (C=O) groups is 1. The van der Waals surface area contributed by atoms with E-state index in [0.29, 0.717) is 19.6 Å². The van der Waals surface area contributed by atoms with Gasteiger partial charge in [0.25, 0.3) is 0 Å². The van der Waals surface area contributed by atoms with Crippen molar-refractivity contribution in [2.45, 2.75) is 57.8 Å². The molecule has 1 aliphatic heterocycles. The van der Waals surface area contributed by atoms with Crippen molar-refractivity contribution in [2.75, 3.05) is 26.2 Å². The topological polar surface area (TPSA) is 82.0 Å². The zero-order chi connectivity index (χ0) is 15.4. The van der Waals surface area contributed by atoms with Crippen LogP contribution >= 0.6 is 0 Å². The normalized spacial score (nSPS) is 23.3. The number of nitrogens with zero attached hydrogens (tertiary/aromatic N) is 1. The molecule has 0 aromatic heterocycles. The van der Waals surface area contributed by atoms with Gasteiger partial charge in [0.2, 0.25) is 0 Å². The average Bonchev–Trinajstić information content (AvgIpc) is 2.35. The number of rotatable bonds is 4. The summed E-state index contributed by atoms with van der Waals surface area (Å²) in [5, 5.41) is 22.0. The average molecular weight is 288 g/mol. The Kier molecular flexibility index (Phi) is 5.79. The van der Waals surface area contributed by atoms with E-state index in [-0.39, 0.29) is 18.7 Å². The van der Waals surface area contributed by atoms with Crippen molar-refractivity contribution in [3.05, 3.63) is 0 Å². The van der Waals surface area contributed by atoms with E-state index < -0.39 is 11.2 Å². The van der Waals surface area contributed by atoms with E-state index in [1.54, 1.807) is 11.8 Å². The van der Waals surface area contributed by atoms with Gasteiger partial charge in [-0.15, -0.1) is 0 Å². The second kappa shape index (κ2) is 6.74. The monoisotopic (exact) mass is 288 g/mol. The maximum Gasteiger partial charge on any atom is 0.410 e. The number of amides is 1. The molecule has 0 aromatic rings. The van der Waals surface area contributed by atoms with Gasteiger partial charge >= 0.3 is 6.09 Å².